The average molecular weight is 332 g/mol. The van der Waals surface area contributed by atoms with Gasteiger partial charge in [-0.25, -0.2) is 0 Å². The maximum Gasteiger partial charge on any atom is 0.191 e. The van der Waals surface area contributed by atoms with Gasteiger partial charge < -0.3 is 15.4 Å². The molecule has 0 spiro atoms. The molecule has 2 rings (SSSR count). The van der Waals surface area contributed by atoms with Crippen molar-refractivity contribution in [1.29, 1.82) is 0 Å². The average Bonchev–Trinajstić information content (AvgIpc) is 2.63. The molecule has 0 aromatic heterocycles. The van der Waals surface area contributed by atoms with Crippen molar-refractivity contribution in [1.82, 2.24) is 15.5 Å². The molecule has 24 heavy (non-hydrogen) atoms. The molecule has 5 nitrogen and oxygen atoms in total. The number of nitrogens with zero attached hydrogens (tertiary/aromatic N) is 2. The first-order chi connectivity index (χ1) is 11.8. The van der Waals surface area contributed by atoms with Gasteiger partial charge >= 0.3 is 0 Å². The Morgan fingerprint density at radius 1 is 1.08 bits per heavy atom. The van der Waals surface area contributed by atoms with Gasteiger partial charge in [0.05, 0.1) is 6.61 Å². The van der Waals surface area contributed by atoms with Gasteiger partial charge in [-0.05, 0) is 44.0 Å². The molecule has 0 unspecified atom stereocenters. The van der Waals surface area contributed by atoms with E-state index >= 15 is 0 Å². The van der Waals surface area contributed by atoms with E-state index < -0.39 is 0 Å². The van der Waals surface area contributed by atoms with Crippen LogP contribution in [-0.4, -0.2) is 50.8 Å². The maximum absolute atomic E-state index is 5.32. The summed E-state index contributed by atoms with van der Waals surface area (Å²) in [6, 6.07) is 8.91. The van der Waals surface area contributed by atoms with Crippen molar-refractivity contribution in [2.24, 2.45) is 4.99 Å². The third kappa shape index (κ3) is 6.89. The van der Waals surface area contributed by atoms with Gasteiger partial charge in [0.2, 0.25) is 0 Å². The van der Waals surface area contributed by atoms with E-state index in [1.165, 1.54) is 43.5 Å². The lowest BCUT2D eigenvalue weighted by molar-refractivity contribution is 0.152. The SMILES string of the molecule is CCOCCNC(=NC)NCc1ccc(CN2CCCCC2)cc1. The molecule has 0 bridgehead atoms. The number of piperidine rings is 1. The smallest absolute Gasteiger partial charge is 0.191 e. The molecule has 5 heteroatoms. The number of hydrogen-bond donors (Lipinski definition) is 2. The Balaban J connectivity index is 1.72. The van der Waals surface area contributed by atoms with E-state index in [2.05, 4.69) is 44.8 Å². The van der Waals surface area contributed by atoms with Crippen LogP contribution in [0.4, 0.5) is 0 Å². The monoisotopic (exact) mass is 332 g/mol. The van der Waals surface area contributed by atoms with Crippen LogP contribution < -0.4 is 10.6 Å². The second kappa shape index (κ2) is 11.0. The van der Waals surface area contributed by atoms with Crippen LogP contribution in [0.15, 0.2) is 29.3 Å². The molecule has 0 atom stereocenters. The Morgan fingerprint density at radius 2 is 1.79 bits per heavy atom. The standard InChI is InChI=1S/C19H32N4O/c1-3-24-14-11-21-19(20-2)22-15-17-7-9-18(10-8-17)16-23-12-5-4-6-13-23/h7-10H,3-6,11-16H2,1-2H3,(H2,20,21,22). The second-order valence-corrected chi connectivity index (χ2v) is 6.20. The lowest BCUT2D eigenvalue weighted by atomic mass is 10.1. The molecule has 1 fully saturated rings. The fraction of sp³-hybridized carbons (Fsp3) is 0.632. The summed E-state index contributed by atoms with van der Waals surface area (Å²) in [4.78, 5) is 6.78. The zero-order valence-electron chi connectivity index (χ0n) is 15.2. The number of hydrogen-bond acceptors (Lipinski definition) is 3. The predicted molar refractivity (Wildman–Crippen MR) is 100 cm³/mol. The molecular formula is C19H32N4O. The molecule has 0 aliphatic carbocycles. The highest BCUT2D eigenvalue weighted by molar-refractivity contribution is 5.79. The molecule has 1 aromatic carbocycles. The molecular weight excluding hydrogens is 300 g/mol. The molecule has 134 valence electrons. The minimum Gasteiger partial charge on any atom is -0.380 e. The van der Waals surface area contributed by atoms with Crippen molar-refractivity contribution in [3.05, 3.63) is 35.4 Å². The largest absolute Gasteiger partial charge is 0.380 e. The van der Waals surface area contributed by atoms with Crippen molar-refractivity contribution >= 4 is 5.96 Å². The summed E-state index contributed by atoms with van der Waals surface area (Å²) in [7, 11) is 1.79. The minimum absolute atomic E-state index is 0.697. The van der Waals surface area contributed by atoms with Gasteiger partial charge in [-0.2, -0.15) is 0 Å². The van der Waals surface area contributed by atoms with Crippen LogP contribution in [-0.2, 0) is 17.8 Å². The first kappa shape index (κ1) is 18.7. The van der Waals surface area contributed by atoms with Crippen molar-refractivity contribution in [3.63, 3.8) is 0 Å². The molecule has 0 amide bonds. The summed E-state index contributed by atoms with van der Waals surface area (Å²) in [6.45, 7) is 8.55. The van der Waals surface area contributed by atoms with Gasteiger partial charge in [-0.3, -0.25) is 9.89 Å². The van der Waals surface area contributed by atoms with Crippen LogP contribution in [0.5, 0.6) is 0 Å². The highest BCUT2D eigenvalue weighted by Crippen LogP contribution is 2.13. The number of nitrogens with one attached hydrogen (secondary N) is 2. The number of guanidine groups is 1. The third-order valence-electron chi connectivity index (χ3n) is 4.30. The van der Waals surface area contributed by atoms with Crippen LogP contribution in [0.3, 0.4) is 0 Å². The van der Waals surface area contributed by atoms with E-state index in [1.807, 2.05) is 6.92 Å². The van der Waals surface area contributed by atoms with Crippen LogP contribution in [0.2, 0.25) is 0 Å². The lowest BCUT2D eigenvalue weighted by Crippen LogP contribution is -2.38. The molecule has 2 N–H and O–H groups in total. The Labute approximate surface area is 146 Å². The highest BCUT2D eigenvalue weighted by atomic mass is 16.5. The Bertz CT molecular complexity index is 481. The summed E-state index contributed by atoms with van der Waals surface area (Å²) in [5.41, 5.74) is 2.67. The van der Waals surface area contributed by atoms with Crippen molar-refractivity contribution < 1.29 is 4.74 Å². The summed E-state index contributed by atoms with van der Waals surface area (Å²) >= 11 is 0. The molecule has 1 saturated heterocycles. The summed E-state index contributed by atoms with van der Waals surface area (Å²) < 4.78 is 5.32. The van der Waals surface area contributed by atoms with Gasteiger partial charge in [0.15, 0.2) is 5.96 Å². The quantitative estimate of drug-likeness (QED) is 0.436. The van der Waals surface area contributed by atoms with Crippen molar-refractivity contribution in [2.45, 2.75) is 39.3 Å². The van der Waals surface area contributed by atoms with Crippen LogP contribution >= 0.6 is 0 Å². The zero-order chi connectivity index (χ0) is 17.0. The molecule has 0 radical (unpaired) electrons. The topological polar surface area (TPSA) is 48.9 Å². The Kier molecular flexibility index (Phi) is 8.63. The van der Waals surface area contributed by atoms with E-state index in [4.69, 9.17) is 4.74 Å². The fourth-order valence-electron chi connectivity index (χ4n) is 2.93. The predicted octanol–water partition coefficient (Wildman–Crippen LogP) is 2.37. The first-order valence-corrected chi connectivity index (χ1v) is 9.14. The van der Waals surface area contributed by atoms with E-state index in [0.29, 0.717) is 6.61 Å². The van der Waals surface area contributed by atoms with E-state index in [0.717, 1.165) is 32.2 Å². The number of aliphatic imine (C=N–C) groups is 1. The molecule has 1 aliphatic rings. The summed E-state index contributed by atoms with van der Waals surface area (Å²) in [5.74, 6) is 0.812. The second-order valence-electron chi connectivity index (χ2n) is 6.20. The fourth-order valence-corrected chi connectivity index (χ4v) is 2.93. The van der Waals surface area contributed by atoms with E-state index in [9.17, 15) is 0 Å². The van der Waals surface area contributed by atoms with Gasteiger partial charge in [-0.1, -0.05) is 30.7 Å². The Hall–Kier alpha value is -1.59. The number of ether oxygens (including phenoxy) is 1. The third-order valence-corrected chi connectivity index (χ3v) is 4.30. The first-order valence-electron chi connectivity index (χ1n) is 9.14. The Morgan fingerprint density at radius 3 is 2.46 bits per heavy atom. The van der Waals surface area contributed by atoms with Gasteiger partial charge in [0, 0.05) is 33.3 Å². The number of likely N-dealkylation sites (tertiary alicyclic amines) is 1. The van der Waals surface area contributed by atoms with E-state index in [1.54, 1.807) is 7.05 Å². The van der Waals surface area contributed by atoms with Gasteiger partial charge in [-0.15, -0.1) is 0 Å². The number of benzene rings is 1. The minimum atomic E-state index is 0.697. The number of rotatable bonds is 8. The molecule has 1 heterocycles. The van der Waals surface area contributed by atoms with Crippen LogP contribution in [0.25, 0.3) is 0 Å². The normalized spacial score (nSPS) is 16.2. The van der Waals surface area contributed by atoms with E-state index in [-0.39, 0.29) is 0 Å². The zero-order valence-corrected chi connectivity index (χ0v) is 15.2. The maximum atomic E-state index is 5.32. The van der Waals surface area contributed by atoms with Crippen molar-refractivity contribution in [2.75, 3.05) is 39.9 Å². The van der Waals surface area contributed by atoms with Crippen molar-refractivity contribution in [3.8, 4) is 0 Å². The summed E-state index contributed by atoms with van der Waals surface area (Å²) in [5, 5.41) is 6.58. The van der Waals surface area contributed by atoms with Gasteiger partial charge in [0.1, 0.15) is 0 Å². The molecule has 1 aliphatic heterocycles. The lowest BCUT2D eigenvalue weighted by Gasteiger charge is -2.26. The van der Waals surface area contributed by atoms with Crippen LogP contribution in [0, 0.1) is 0 Å². The molecule has 1 aromatic rings. The van der Waals surface area contributed by atoms with Crippen LogP contribution in [0.1, 0.15) is 37.3 Å². The molecule has 0 saturated carbocycles. The van der Waals surface area contributed by atoms with Gasteiger partial charge in [0.25, 0.3) is 0 Å². The highest BCUT2D eigenvalue weighted by Gasteiger charge is 2.10. The summed E-state index contributed by atoms with van der Waals surface area (Å²) in [6.07, 6.45) is 4.08.